The lowest BCUT2D eigenvalue weighted by atomic mass is 9.80. The van der Waals surface area contributed by atoms with Crippen LogP contribution < -0.4 is 0 Å². The summed E-state index contributed by atoms with van der Waals surface area (Å²) in [6.07, 6.45) is 8.15. The number of rotatable bonds is 0. The van der Waals surface area contributed by atoms with Gasteiger partial charge in [0.05, 0.1) is 0 Å². The average molecular weight is 186 g/mol. The molecule has 1 aromatic rings. The Kier molecular flexibility index (Phi) is 3.28. The van der Waals surface area contributed by atoms with Gasteiger partial charge in [0.1, 0.15) is 7.85 Å². The van der Waals surface area contributed by atoms with Crippen molar-refractivity contribution in [3.05, 3.63) is 35.4 Å². The maximum Gasteiger partial charge on any atom is 0.105 e. The van der Waals surface area contributed by atoms with Gasteiger partial charge in [0.15, 0.2) is 0 Å². The van der Waals surface area contributed by atoms with E-state index in [4.69, 9.17) is 0 Å². The molecule has 1 heteroatoms. The van der Waals surface area contributed by atoms with Crippen molar-refractivity contribution >= 4 is 7.85 Å². The Morgan fingerprint density at radius 3 is 1.93 bits per heavy atom. The normalized spacial score (nSPS) is 19.1. The molecule has 2 rings (SSSR count). The van der Waals surface area contributed by atoms with E-state index in [0.717, 1.165) is 5.82 Å². The Bertz CT molecular complexity index is 264. The highest BCUT2D eigenvalue weighted by atomic mass is 14.1. The highest BCUT2D eigenvalue weighted by Gasteiger charge is 2.08. The monoisotopic (exact) mass is 186 g/mol. The third-order valence-corrected chi connectivity index (χ3v) is 3.40. The molecule has 0 aromatic heterocycles. The molecule has 0 unspecified atom stereocenters. The van der Waals surface area contributed by atoms with Crippen molar-refractivity contribution in [3.8, 4) is 0 Å². The highest BCUT2D eigenvalue weighted by molar-refractivity contribution is 6.11. The quantitative estimate of drug-likeness (QED) is 0.546. The number of hydrogen-bond acceptors (Lipinski definition) is 0. The molecule has 0 aliphatic heterocycles. The van der Waals surface area contributed by atoms with Gasteiger partial charge in [-0.2, -0.15) is 0 Å². The van der Waals surface area contributed by atoms with Crippen molar-refractivity contribution in [1.29, 1.82) is 0 Å². The van der Waals surface area contributed by atoms with E-state index >= 15 is 0 Å². The third-order valence-electron chi connectivity index (χ3n) is 3.40. The predicted octanol–water partition coefficient (Wildman–Crippen LogP) is 2.77. The minimum Gasteiger partial charge on any atom is -0.0697 e. The summed E-state index contributed by atoms with van der Waals surface area (Å²) >= 11 is 0. The second-order valence-corrected chi connectivity index (χ2v) is 4.66. The van der Waals surface area contributed by atoms with Gasteiger partial charge in [-0.15, -0.1) is 0 Å². The lowest BCUT2D eigenvalue weighted by Crippen LogP contribution is -1.92. The minimum atomic E-state index is 0.935. The van der Waals surface area contributed by atoms with Gasteiger partial charge < -0.3 is 0 Å². The van der Waals surface area contributed by atoms with Crippen molar-refractivity contribution in [1.82, 2.24) is 0 Å². The van der Waals surface area contributed by atoms with Gasteiger partial charge in [0.2, 0.25) is 0 Å². The Hall–Kier alpha value is -0.715. The van der Waals surface area contributed by atoms with Crippen LogP contribution in [0.5, 0.6) is 0 Å². The zero-order valence-electron chi connectivity index (χ0n) is 9.13. The molecule has 14 heavy (non-hydrogen) atoms. The molecule has 0 saturated carbocycles. The van der Waals surface area contributed by atoms with Crippen LogP contribution in [0.4, 0.5) is 0 Å². The van der Waals surface area contributed by atoms with E-state index in [0.29, 0.717) is 0 Å². The van der Waals surface area contributed by atoms with Crippen LogP contribution in [-0.4, -0.2) is 7.85 Å². The average Bonchev–Trinajstić information content (AvgIpc) is 2.28. The number of fused-ring (bicyclic) bond motifs is 1. The summed E-state index contributed by atoms with van der Waals surface area (Å²) in [7, 11) is 2.40. The van der Waals surface area contributed by atoms with Gasteiger partial charge in [-0.05, 0) is 36.8 Å². The van der Waals surface area contributed by atoms with Crippen molar-refractivity contribution in [2.24, 2.45) is 0 Å². The van der Waals surface area contributed by atoms with Crippen molar-refractivity contribution in [2.45, 2.75) is 44.3 Å². The van der Waals surface area contributed by atoms with E-state index in [9.17, 15) is 0 Å². The van der Waals surface area contributed by atoms with Gasteiger partial charge in [0, 0.05) is 0 Å². The molecule has 0 atom stereocenters. The second-order valence-electron chi connectivity index (χ2n) is 4.66. The lowest BCUT2D eigenvalue weighted by Gasteiger charge is -2.07. The second kappa shape index (κ2) is 4.68. The Morgan fingerprint density at radius 2 is 1.43 bits per heavy atom. The summed E-state index contributed by atoms with van der Waals surface area (Å²) in [5.41, 5.74) is 3.20. The lowest BCUT2D eigenvalue weighted by molar-refractivity contribution is 0.628. The molecule has 1 aliphatic carbocycles. The molecular weight excluding hydrogens is 167 g/mol. The molecule has 0 N–H and O–H groups in total. The van der Waals surface area contributed by atoms with Crippen LogP contribution in [0.3, 0.4) is 0 Å². The van der Waals surface area contributed by atoms with Crippen LogP contribution >= 0.6 is 0 Å². The van der Waals surface area contributed by atoms with Crippen molar-refractivity contribution in [3.63, 3.8) is 0 Å². The molecule has 0 radical (unpaired) electrons. The largest absolute Gasteiger partial charge is 0.105 e. The van der Waals surface area contributed by atoms with E-state index in [1.54, 1.807) is 11.1 Å². The minimum absolute atomic E-state index is 0.935. The molecule has 74 valence electrons. The number of aryl methyl sites for hydroxylation is 2. The fourth-order valence-electron chi connectivity index (χ4n) is 2.47. The first-order valence-electron chi connectivity index (χ1n) is 5.93. The zero-order chi connectivity index (χ0) is 9.80. The van der Waals surface area contributed by atoms with E-state index < -0.39 is 0 Å². The Labute approximate surface area is 88.1 Å². The topological polar surface area (TPSA) is 0 Å². The van der Waals surface area contributed by atoms with Crippen LogP contribution in [-0.2, 0) is 12.8 Å². The van der Waals surface area contributed by atoms with Gasteiger partial charge >= 0.3 is 0 Å². The van der Waals surface area contributed by atoms with E-state index in [1.165, 1.54) is 38.5 Å². The van der Waals surface area contributed by atoms with Crippen molar-refractivity contribution < 1.29 is 0 Å². The third kappa shape index (κ3) is 2.40. The highest BCUT2D eigenvalue weighted by Crippen LogP contribution is 2.24. The van der Waals surface area contributed by atoms with Crippen LogP contribution in [0.1, 0.15) is 36.8 Å². The number of hydrogen-bond donors (Lipinski definition) is 0. The standard InChI is InChI=1S/C13H19B/c14-13-9-3-7-11-5-1-2-6-12(11)8-4-10-13/h1-2,5-6,13H,3-4,7-10,14H2. The van der Waals surface area contributed by atoms with E-state index in [2.05, 4.69) is 32.1 Å². The van der Waals surface area contributed by atoms with Gasteiger partial charge in [-0.3, -0.25) is 0 Å². The molecule has 0 saturated heterocycles. The van der Waals surface area contributed by atoms with E-state index in [1.807, 2.05) is 0 Å². The van der Waals surface area contributed by atoms with Crippen molar-refractivity contribution in [2.75, 3.05) is 0 Å². The Morgan fingerprint density at radius 1 is 0.929 bits per heavy atom. The molecule has 0 bridgehead atoms. The molecule has 0 spiro atoms. The molecule has 1 aromatic carbocycles. The summed E-state index contributed by atoms with van der Waals surface area (Å²) in [5, 5.41) is 0. The summed E-state index contributed by atoms with van der Waals surface area (Å²) in [6.45, 7) is 0. The van der Waals surface area contributed by atoms with Crippen LogP contribution in [0.25, 0.3) is 0 Å². The maximum atomic E-state index is 2.40. The van der Waals surface area contributed by atoms with Gasteiger partial charge in [-0.25, -0.2) is 0 Å². The summed E-state index contributed by atoms with van der Waals surface area (Å²) < 4.78 is 0. The molecule has 0 heterocycles. The Balaban J connectivity index is 2.13. The van der Waals surface area contributed by atoms with Crippen LogP contribution in [0, 0.1) is 0 Å². The first-order valence-corrected chi connectivity index (χ1v) is 5.93. The van der Waals surface area contributed by atoms with Crippen LogP contribution in [0.15, 0.2) is 24.3 Å². The number of benzene rings is 1. The molecule has 0 nitrogen and oxygen atoms in total. The summed E-state index contributed by atoms with van der Waals surface area (Å²) in [5.74, 6) is 0.935. The van der Waals surface area contributed by atoms with Gasteiger partial charge in [0.25, 0.3) is 0 Å². The van der Waals surface area contributed by atoms with Crippen LogP contribution in [0.2, 0.25) is 5.82 Å². The first kappa shape index (κ1) is 9.83. The molecule has 0 fully saturated rings. The molecule has 0 amide bonds. The molecule has 1 aliphatic rings. The summed E-state index contributed by atoms with van der Waals surface area (Å²) in [6, 6.07) is 8.98. The van der Waals surface area contributed by atoms with E-state index in [-0.39, 0.29) is 0 Å². The van der Waals surface area contributed by atoms with Gasteiger partial charge in [-0.1, -0.05) is 42.9 Å². The molecular formula is C13H19B. The first-order chi connectivity index (χ1) is 6.86. The fraction of sp³-hybridized carbons (Fsp3) is 0.538. The zero-order valence-corrected chi connectivity index (χ0v) is 9.13. The fourth-order valence-corrected chi connectivity index (χ4v) is 2.47. The predicted molar refractivity (Wildman–Crippen MR) is 64.6 cm³/mol. The summed E-state index contributed by atoms with van der Waals surface area (Å²) in [4.78, 5) is 0. The maximum absolute atomic E-state index is 2.40. The smallest absolute Gasteiger partial charge is 0.0697 e. The SMILES string of the molecule is BC1CCCc2ccccc2CCC1.